The Morgan fingerprint density at radius 3 is 1.42 bits per heavy atom. The van der Waals surface area contributed by atoms with Gasteiger partial charge in [-0.2, -0.15) is 0 Å². The molecule has 0 N–H and O–H groups in total. The lowest BCUT2D eigenvalue weighted by atomic mass is 9.65. The molecule has 0 aliphatic heterocycles. The first-order chi connectivity index (χ1) is 24.4. The molecule has 0 amide bonds. The van der Waals surface area contributed by atoms with Crippen LogP contribution in [0.5, 0.6) is 0 Å². The minimum Gasteiger partial charge on any atom is -0.324 e. The maximum atomic E-state index is 3.55. The maximum Gasteiger partial charge on any atom is 0.114 e. The smallest absolute Gasteiger partial charge is 0.114 e. The van der Waals surface area contributed by atoms with Crippen LogP contribution < -0.4 is 9.80 Å². The summed E-state index contributed by atoms with van der Waals surface area (Å²) in [4.78, 5) is 4.76. The number of anilines is 5. The van der Waals surface area contributed by atoms with Crippen molar-refractivity contribution in [1.29, 1.82) is 0 Å². The second kappa shape index (κ2) is 14.7. The zero-order chi connectivity index (χ0) is 34.5. The number of aryl methyl sites for hydroxylation is 3. The van der Waals surface area contributed by atoms with E-state index < -0.39 is 0 Å². The van der Waals surface area contributed by atoms with Gasteiger partial charge >= 0.3 is 0 Å². The summed E-state index contributed by atoms with van der Waals surface area (Å²) in [6, 6.07) is 45.4. The van der Waals surface area contributed by atoms with E-state index in [9.17, 15) is 0 Å². The fraction of sp³-hybridized carbons (Fsp3) is 0.250. The van der Waals surface area contributed by atoms with Crippen molar-refractivity contribution in [2.45, 2.75) is 77.7 Å². The molecule has 0 radical (unpaired) electrons. The van der Waals surface area contributed by atoms with Crippen LogP contribution in [0.3, 0.4) is 0 Å². The zero-order valence-corrected chi connectivity index (χ0v) is 30.0. The molecule has 1 atom stereocenters. The van der Waals surface area contributed by atoms with Crippen molar-refractivity contribution < 1.29 is 0 Å². The van der Waals surface area contributed by atoms with E-state index in [4.69, 9.17) is 0 Å². The Morgan fingerprint density at radius 2 is 0.940 bits per heavy atom. The fourth-order valence-electron chi connectivity index (χ4n) is 7.67. The predicted molar refractivity (Wildman–Crippen MR) is 213 cm³/mol. The summed E-state index contributed by atoms with van der Waals surface area (Å²) < 4.78 is 0. The lowest BCUT2D eigenvalue weighted by Gasteiger charge is -2.39. The lowest BCUT2D eigenvalue weighted by molar-refractivity contribution is 0.346. The second-order valence-electron chi connectivity index (χ2n) is 14.2. The normalized spacial score (nSPS) is 16.7. The van der Waals surface area contributed by atoms with Crippen LogP contribution in [0.4, 0.5) is 28.4 Å². The van der Waals surface area contributed by atoms with Crippen molar-refractivity contribution in [3.8, 4) is 11.8 Å². The van der Waals surface area contributed by atoms with Gasteiger partial charge in [0.1, 0.15) is 6.04 Å². The van der Waals surface area contributed by atoms with Crippen molar-refractivity contribution in [2.24, 2.45) is 0 Å². The Hall–Kier alpha value is -5.26. The fourth-order valence-corrected chi connectivity index (χ4v) is 7.67. The highest BCUT2D eigenvalue weighted by atomic mass is 15.2. The van der Waals surface area contributed by atoms with Crippen LogP contribution in [0.15, 0.2) is 145 Å². The van der Waals surface area contributed by atoms with Crippen LogP contribution in [0.2, 0.25) is 0 Å². The quantitative estimate of drug-likeness (QED) is 0.154. The van der Waals surface area contributed by atoms with Crippen molar-refractivity contribution >= 4 is 28.4 Å². The minimum absolute atomic E-state index is 0.00953. The molecule has 0 heterocycles. The molecule has 2 heteroatoms. The van der Waals surface area contributed by atoms with Gasteiger partial charge in [0.25, 0.3) is 0 Å². The molecule has 5 aromatic rings. The van der Waals surface area contributed by atoms with Gasteiger partial charge in [-0.3, -0.25) is 0 Å². The molecular weight excluding hydrogens is 605 g/mol. The van der Waals surface area contributed by atoms with Crippen molar-refractivity contribution in [3.05, 3.63) is 173 Å². The molecule has 0 bridgehead atoms. The standard InChI is InChI=1S/C48H48N2/c1-36-10-6-7-11-42(23-12-36)49(43-24-13-37(2)14-25-43)46-30-19-40(20-31-46)48(34-8-5-9-35-48)41-21-32-47(33-22-41)50(44-26-15-38(3)16-27-44)45-28-17-39(4)18-29-45/h10,12-33,42H,5-6,8-9,34-35H2,1-4H3/t42-/m1/s1. The molecule has 1 saturated carbocycles. The summed E-state index contributed by atoms with van der Waals surface area (Å²) in [5.74, 6) is 6.95. The second-order valence-corrected chi connectivity index (χ2v) is 14.2. The van der Waals surface area contributed by atoms with Crippen molar-refractivity contribution in [2.75, 3.05) is 9.80 Å². The van der Waals surface area contributed by atoms with Gasteiger partial charge in [-0.1, -0.05) is 126 Å². The summed E-state index contributed by atoms with van der Waals surface area (Å²) in [7, 11) is 0. The minimum atomic E-state index is -0.0478. The number of benzene rings is 5. The Labute approximate surface area is 299 Å². The summed E-state index contributed by atoms with van der Waals surface area (Å²) in [5.41, 5.74) is 13.7. The van der Waals surface area contributed by atoms with Crippen LogP contribution in [0, 0.1) is 32.6 Å². The van der Waals surface area contributed by atoms with Crippen LogP contribution >= 0.6 is 0 Å². The van der Waals surface area contributed by atoms with Crippen molar-refractivity contribution in [3.63, 3.8) is 0 Å². The molecule has 250 valence electrons. The predicted octanol–water partition coefficient (Wildman–Crippen LogP) is 12.7. The van der Waals surface area contributed by atoms with Gasteiger partial charge in [0.2, 0.25) is 0 Å². The van der Waals surface area contributed by atoms with E-state index in [0.29, 0.717) is 0 Å². The third-order valence-electron chi connectivity index (χ3n) is 10.6. The number of hydrogen-bond acceptors (Lipinski definition) is 2. The Balaban J connectivity index is 1.25. The Morgan fingerprint density at radius 1 is 0.520 bits per heavy atom. The van der Waals surface area contributed by atoms with E-state index >= 15 is 0 Å². The monoisotopic (exact) mass is 652 g/mol. The number of rotatable bonds is 8. The van der Waals surface area contributed by atoms with Crippen LogP contribution in [0.1, 0.15) is 73.3 Å². The van der Waals surface area contributed by atoms with Crippen molar-refractivity contribution in [1.82, 2.24) is 0 Å². The highest BCUT2D eigenvalue weighted by Crippen LogP contribution is 2.46. The topological polar surface area (TPSA) is 6.48 Å². The highest BCUT2D eigenvalue weighted by Gasteiger charge is 2.36. The van der Waals surface area contributed by atoms with Gasteiger partial charge in [0.15, 0.2) is 0 Å². The van der Waals surface area contributed by atoms with Crippen LogP contribution in [-0.4, -0.2) is 6.04 Å². The third kappa shape index (κ3) is 7.05. The van der Waals surface area contributed by atoms with E-state index in [0.717, 1.165) is 30.6 Å². The largest absolute Gasteiger partial charge is 0.324 e. The van der Waals surface area contributed by atoms with Gasteiger partial charge in [-0.05, 0) is 118 Å². The van der Waals surface area contributed by atoms with Crippen LogP contribution in [-0.2, 0) is 5.41 Å². The highest BCUT2D eigenvalue weighted by molar-refractivity contribution is 5.77. The molecule has 2 aliphatic rings. The third-order valence-corrected chi connectivity index (χ3v) is 10.6. The molecule has 2 nitrogen and oxygen atoms in total. The van der Waals surface area contributed by atoms with E-state index in [1.54, 1.807) is 0 Å². The Kier molecular flexibility index (Phi) is 9.77. The number of hydrogen-bond donors (Lipinski definition) is 0. The molecule has 5 aromatic carbocycles. The van der Waals surface area contributed by atoms with Gasteiger partial charge < -0.3 is 9.80 Å². The molecule has 0 spiro atoms. The van der Waals surface area contributed by atoms with Gasteiger partial charge in [-0.25, -0.2) is 0 Å². The maximum absolute atomic E-state index is 3.55. The Bertz CT molecular complexity index is 1970. The first kappa shape index (κ1) is 33.2. The SMILES string of the molecule is CC1=CCC#C[C@@H](N(c2ccc(C)cc2)c2ccc(C3(c4ccc(N(c5ccc(C)cc5)c5ccc(C)cc5)cc4)CCCCC3)cc2)C=C1. The molecular formula is C48H48N2. The summed E-state index contributed by atoms with van der Waals surface area (Å²) in [6.07, 6.45) is 13.5. The molecule has 0 unspecified atom stereocenters. The molecule has 1 fully saturated rings. The van der Waals surface area contributed by atoms with Gasteiger partial charge in [0.05, 0.1) is 0 Å². The first-order valence-electron chi connectivity index (χ1n) is 18.2. The van der Waals surface area contributed by atoms with E-state index in [1.165, 1.54) is 69.7 Å². The zero-order valence-electron chi connectivity index (χ0n) is 30.0. The summed E-state index contributed by atoms with van der Waals surface area (Å²) in [5, 5.41) is 0. The number of allylic oxidation sites excluding steroid dienone is 3. The van der Waals surface area contributed by atoms with Crippen LogP contribution in [0.25, 0.3) is 0 Å². The molecule has 0 aromatic heterocycles. The summed E-state index contributed by atoms with van der Waals surface area (Å²) >= 11 is 0. The van der Waals surface area contributed by atoms with E-state index in [1.807, 2.05) is 0 Å². The molecule has 7 rings (SSSR count). The summed E-state index contributed by atoms with van der Waals surface area (Å²) in [6.45, 7) is 8.59. The molecule has 0 saturated heterocycles. The number of nitrogens with zero attached hydrogens (tertiary/aromatic N) is 2. The lowest BCUT2D eigenvalue weighted by Crippen LogP contribution is -2.31. The van der Waals surface area contributed by atoms with E-state index in [-0.39, 0.29) is 11.5 Å². The van der Waals surface area contributed by atoms with Gasteiger partial charge in [0, 0.05) is 40.3 Å². The average molecular weight is 653 g/mol. The molecule has 2 aliphatic carbocycles. The average Bonchev–Trinajstić information content (AvgIpc) is 3.14. The van der Waals surface area contributed by atoms with E-state index in [2.05, 4.69) is 189 Å². The molecule has 50 heavy (non-hydrogen) atoms. The first-order valence-corrected chi connectivity index (χ1v) is 18.2. The van der Waals surface area contributed by atoms with Gasteiger partial charge in [-0.15, -0.1) is 0 Å².